The molecule has 0 radical (unpaired) electrons. The Kier molecular flexibility index (Phi) is 0.889. The second-order valence-corrected chi connectivity index (χ2v) is 2.43. The Morgan fingerprint density at radius 1 is 1.57 bits per heavy atom. The van der Waals surface area contributed by atoms with Crippen LogP contribution in [0, 0.1) is 0 Å². The SMILES string of the molecule is C[N+]1(C)CCC=N1. The first kappa shape index (κ1) is 4.78. The third kappa shape index (κ3) is 0.996. The van der Waals surface area contributed by atoms with Crippen LogP contribution < -0.4 is 0 Å². The van der Waals surface area contributed by atoms with E-state index in [4.69, 9.17) is 0 Å². The summed E-state index contributed by atoms with van der Waals surface area (Å²) in [6.45, 7) is 1.17. The maximum Gasteiger partial charge on any atom is 0.108 e. The molecule has 7 heavy (non-hydrogen) atoms. The smallest absolute Gasteiger partial charge is 0.108 e. The molecule has 0 bridgehead atoms. The zero-order chi connectivity index (χ0) is 5.33. The van der Waals surface area contributed by atoms with Gasteiger partial charge in [-0.1, -0.05) is 5.10 Å². The first-order chi connectivity index (χ1) is 3.21. The molecule has 0 N–H and O–H groups in total. The molecule has 2 nitrogen and oxygen atoms in total. The van der Waals surface area contributed by atoms with E-state index in [0.29, 0.717) is 0 Å². The van der Waals surface area contributed by atoms with E-state index in [9.17, 15) is 0 Å². The van der Waals surface area contributed by atoms with Crippen molar-refractivity contribution in [1.29, 1.82) is 0 Å². The van der Waals surface area contributed by atoms with Crippen molar-refractivity contribution in [3.63, 3.8) is 0 Å². The van der Waals surface area contributed by atoms with Crippen LogP contribution in [0.4, 0.5) is 0 Å². The summed E-state index contributed by atoms with van der Waals surface area (Å²) in [6, 6.07) is 0. The van der Waals surface area contributed by atoms with Crippen LogP contribution in [0.1, 0.15) is 6.42 Å². The van der Waals surface area contributed by atoms with Crippen molar-refractivity contribution in [1.82, 2.24) is 0 Å². The molecule has 2 heteroatoms. The van der Waals surface area contributed by atoms with E-state index in [1.807, 2.05) is 6.21 Å². The molecule has 1 rings (SSSR count). The third-order valence-electron chi connectivity index (χ3n) is 1.20. The number of hydrogen-bond acceptors (Lipinski definition) is 1. The van der Waals surface area contributed by atoms with Gasteiger partial charge < -0.3 is 0 Å². The van der Waals surface area contributed by atoms with Gasteiger partial charge in [-0.25, -0.2) is 4.59 Å². The topological polar surface area (TPSA) is 12.4 Å². The average molecular weight is 99.2 g/mol. The lowest BCUT2D eigenvalue weighted by Crippen LogP contribution is -2.29. The Hall–Kier alpha value is -0.370. The normalized spacial score (nSPS) is 26.0. The molecule has 1 aliphatic rings. The summed E-state index contributed by atoms with van der Waals surface area (Å²) < 4.78 is 0.819. The lowest BCUT2D eigenvalue weighted by molar-refractivity contribution is -0.890. The van der Waals surface area contributed by atoms with Gasteiger partial charge >= 0.3 is 0 Å². The Balaban J connectivity index is 2.57. The third-order valence-corrected chi connectivity index (χ3v) is 1.20. The highest BCUT2D eigenvalue weighted by molar-refractivity contribution is 5.57. The Labute approximate surface area is 44.0 Å². The number of hydrogen-bond donors (Lipinski definition) is 0. The van der Waals surface area contributed by atoms with E-state index in [1.165, 1.54) is 6.54 Å². The highest BCUT2D eigenvalue weighted by Crippen LogP contribution is 2.04. The molecule has 0 aromatic carbocycles. The molecule has 0 unspecified atom stereocenters. The molecule has 40 valence electrons. The van der Waals surface area contributed by atoms with Crippen molar-refractivity contribution >= 4 is 6.21 Å². The zero-order valence-corrected chi connectivity index (χ0v) is 4.89. The van der Waals surface area contributed by atoms with Gasteiger partial charge in [0.25, 0.3) is 0 Å². The van der Waals surface area contributed by atoms with Crippen molar-refractivity contribution in [2.45, 2.75) is 6.42 Å². The zero-order valence-electron chi connectivity index (χ0n) is 4.89. The van der Waals surface area contributed by atoms with E-state index < -0.39 is 0 Å². The van der Waals surface area contributed by atoms with Gasteiger partial charge in [-0.2, -0.15) is 0 Å². The molecule has 1 aliphatic heterocycles. The monoisotopic (exact) mass is 99.1 g/mol. The second kappa shape index (κ2) is 1.30. The maximum atomic E-state index is 4.18. The number of nitrogens with zero attached hydrogens (tertiary/aromatic N) is 2. The van der Waals surface area contributed by atoms with Crippen LogP contribution in [-0.2, 0) is 0 Å². The van der Waals surface area contributed by atoms with E-state index in [2.05, 4.69) is 19.2 Å². The maximum absolute atomic E-state index is 4.18. The van der Waals surface area contributed by atoms with E-state index >= 15 is 0 Å². The van der Waals surface area contributed by atoms with Crippen LogP contribution >= 0.6 is 0 Å². The van der Waals surface area contributed by atoms with Crippen LogP contribution in [0.5, 0.6) is 0 Å². The first-order valence-electron chi connectivity index (χ1n) is 2.58. The number of rotatable bonds is 0. The average Bonchev–Trinajstić information content (AvgIpc) is 1.84. The molecule has 0 amide bonds. The fourth-order valence-electron chi connectivity index (χ4n) is 0.710. The van der Waals surface area contributed by atoms with Crippen LogP contribution in [0.2, 0.25) is 0 Å². The fraction of sp³-hybridized carbons (Fsp3) is 0.800. The molecular weight excluding hydrogens is 88.1 g/mol. The Morgan fingerprint density at radius 3 is 2.43 bits per heavy atom. The van der Waals surface area contributed by atoms with Gasteiger partial charge in [-0.15, -0.1) is 0 Å². The molecule has 1 heterocycles. The molecule has 0 atom stereocenters. The van der Waals surface area contributed by atoms with Gasteiger partial charge in [-0.05, 0) is 0 Å². The molecule has 0 aromatic rings. The fourth-order valence-corrected chi connectivity index (χ4v) is 0.710. The largest absolute Gasteiger partial charge is 0.203 e. The van der Waals surface area contributed by atoms with Crippen LogP contribution in [0.25, 0.3) is 0 Å². The van der Waals surface area contributed by atoms with Gasteiger partial charge in [0.05, 0.1) is 20.3 Å². The predicted molar refractivity (Wildman–Crippen MR) is 30.1 cm³/mol. The minimum atomic E-state index is 0.819. The van der Waals surface area contributed by atoms with Gasteiger partial charge in [0.1, 0.15) is 6.54 Å². The summed E-state index contributed by atoms with van der Waals surface area (Å²) >= 11 is 0. The van der Waals surface area contributed by atoms with E-state index in [1.54, 1.807) is 0 Å². The van der Waals surface area contributed by atoms with Crippen molar-refractivity contribution in [2.24, 2.45) is 5.10 Å². The molecule has 0 fully saturated rings. The van der Waals surface area contributed by atoms with E-state index in [-0.39, 0.29) is 0 Å². The minimum absolute atomic E-state index is 0.819. The Morgan fingerprint density at radius 2 is 2.29 bits per heavy atom. The lowest BCUT2D eigenvalue weighted by atomic mass is 10.5. The molecule has 0 aliphatic carbocycles. The molecular formula is C5H11N2+. The summed E-state index contributed by atoms with van der Waals surface area (Å²) in [5, 5.41) is 4.18. The minimum Gasteiger partial charge on any atom is -0.203 e. The second-order valence-electron chi connectivity index (χ2n) is 2.43. The van der Waals surface area contributed by atoms with Crippen LogP contribution in [0.3, 0.4) is 0 Å². The van der Waals surface area contributed by atoms with Crippen molar-refractivity contribution < 1.29 is 4.59 Å². The standard InChI is InChI=1S/C5H11N2/c1-7(2)5-3-4-6-7/h4H,3,5H2,1-2H3/q+1. The van der Waals surface area contributed by atoms with Crippen molar-refractivity contribution in [3.8, 4) is 0 Å². The summed E-state index contributed by atoms with van der Waals surface area (Å²) in [5.41, 5.74) is 0. The Bertz CT molecular complexity index is 94.3. The van der Waals surface area contributed by atoms with E-state index in [0.717, 1.165) is 11.0 Å². The predicted octanol–water partition coefficient (Wildman–Crippen LogP) is 0.452. The van der Waals surface area contributed by atoms with Crippen LogP contribution in [0.15, 0.2) is 5.10 Å². The highest BCUT2D eigenvalue weighted by Gasteiger charge is 2.16. The first-order valence-corrected chi connectivity index (χ1v) is 2.58. The van der Waals surface area contributed by atoms with Gasteiger partial charge in [-0.3, -0.25) is 0 Å². The lowest BCUT2D eigenvalue weighted by Gasteiger charge is -2.14. The van der Waals surface area contributed by atoms with Crippen molar-refractivity contribution in [3.05, 3.63) is 0 Å². The molecule has 0 aromatic heterocycles. The van der Waals surface area contributed by atoms with Crippen LogP contribution in [-0.4, -0.2) is 31.4 Å². The molecule has 0 spiro atoms. The van der Waals surface area contributed by atoms with Gasteiger partial charge in [0.2, 0.25) is 0 Å². The van der Waals surface area contributed by atoms with Crippen molar-refractivity contribution in [2.75, 3.05) is 20.6 Å². The van der Waals surface area contributed by atoms with Gasteiger partial charge in [0, 0.05) is 6.42 Å². The highest BCUT2D eigenvalue weighted by atomic mass is 15.6. The molecule has 0 saturated heterocycles. The molecule has 0 saturated carbocycles. The summed E-state index contributed by atoms with van der Waals surface area (Å²) in [4.78, 5) is 0. The van der Waals surface area contributed by atoms with Gasteiger partial charge in [0.15, 0.2) is 0 Å². The quantitative estimate of drug-likeness (QED) is 0.391. The number of quaternary nitrogens is 1. The summed E-state index contributed by atoms with van der Waals surface area (Å²) in [5.74, 6) is 0. The summed E-state index contributed by atoms with van der Waals surface area (Å²) in [6.07, 6.45) is 3.13. The summed E-state index contributed by atoms with van der Waals surface area (Å²) in [7, 11) is 4.20.